The van der Waals surface area contributed by atoms with Crippen molar-refractivity contribution in [3.8, 4) is 27.8 Å². The van der Waals surface area contributed by atoms with Crippen molar-refractivity contribution in [1.82, 2.24) is 15.0 Å². The minimum atomic E-state index is -0.728. The van der Waals surface area contributed by atoms with E-state index >= 15 is 0 Å². The largest absolute Gasteiger partial charge is 0.493 e. The molecular weight excluding hydrogens is 570 g/mol. The lowest BCUT2D eigenvalue weighted by atomic mass is 10.1. The number of thiazole rings is 1. The van der Waals surface area contributed by atoms with Crippen LogP contribution in [0.2, 0.25) is 0 Å². The van der Waals surface area contributed by atoms with Gasteiger partial charge in [-0.25, -0.2) is 9.97 Å². The number of hydrogen-bond acceptors (Lipinski definition) is 12. The molecule has 0 radical (unpaired) electrons. The number of aromatic nitrogens is 3. The highest BCUT2D eigenvalue weighted by atomic mass is 32.1. The van der Waals surface area contributed by atoms with Crippen molar-refractivity contribution in [2.45, 2.75) is 57.8 Å². The van der Waals surface area contributed by atoms with Crippen LogP contribution in [0.1, 0.15) is 31.5 Å². The lowest BCUT2D eigenvalue weighted by molar-refractivity contribution is -0.158. The molecule has 11 nitrogen and oxygen atoms in total. The van der Waals surface area contributed by atoms with Crippen LogP contribution in [0, 0.1) is 12.8 Å². The predicted octanol–water partition coefficient (Wildman–Crippen LogP) is 5.01. The molecule has 0 bridgehead atoms. The summed E-state index contributed by atoms with van der Waals surface area (Å²) in [6, 6.07) is 11.7. The first-order valence-corrected chi connectivity index (χ1v) is 15.1. The first kappa shape index (κ1) is 29.4. The van der Waals surface area contributed by atoms with E-state index < -0.39 is 5.79 Å². The van der Waals surface area contributed by atoms with Crippen LogP contribution in [-0.4, -0.2) is 72.0 Å². The molecular formula is C31H37N5O6S. The number of aliphatic hydroxyl groups is 1. The number of para-hydroxylation sites is 1. The molecule has 4 atom stereocenters. The van der Waals surface area contributed by atoms with Gasteiger partial charge in [0.1, 0.15) is 16.9 Å². The smallest absolute Gasteiger partial charge is 0.225 e. The number of rotatable bonds is 10. The molecule has 228 valence electrons. The summed E-state index contributed by atoms with van der Waals surface area (Å²) < 4.78 is 30.1. The lowest BCUT2D eigenvalue weighted by Gasteiger charge is -2.25. The fraction of sp³-hybridized carbons (Fsp3) is 0.452. The Morgan fingerprint density at radius 2 is 1.72 bits per heavy atom. The molecule has 3 heterocycles. The second-order valence-corrected chi connectivity index (χ2v) is 12.3. The molecule has 1 aliphatic heterocycles. The van der Waals surface area contributed by atoms with E-state index in [0.717, 1.165) is 32.0 Å². The zero-order chi connectivity index (χ0) is 30.3. The number of nitrogens with zero attached hydrogens (tertiary/aromatic N) is 3. The van der Waals surface area contributed by atoms with Crippen molar-refractivity contribution in [3.05, 3.63) is 47.7 Å². The zero-order valence-corrected chi connectivity index (χ0v) is 25.9. The number of aryl methyl sites for hydroxylation is 1. The summed E-state index contributed by atoms with van der Waals surface area (Å²) in [5, 5.41) is 18.0. The highest BCUT2D eigenvalue weighted by Gasteiger charge is 2.54. The lowest BCUT2D eigenvalue weighted by Crippen LogP contribution is -2.35. The monoisotopic (exact) mass is 607 g/mol. The third kappa shape index (κ3) is 5.67. The zero-order valence-electron chi connectivity index (χ0n) is 25.1. The minimum absolute atomic E-state index is 0.0217. The summed E-state index contributed by atoms with van der Waals surface area (Å²) in [7, 11) is 4.76. The van der Waals surface area contributed by atoms with Gasteiger partial charge in [0.25, 0.3) is 0 Å². The summed E-state index contributed by atoms with van der Waals surface area (Å²) in [6.07, 6.45) is 0.239. The van der Waals surface area contributed by atoms with Gasteiger partial charge < -0.3 is 39.4 Å². The van der Waals surface area contributed by atoms with Gasteiger partial charge in [-0.2, -0.15) is 4.98 Å². The van der Waals surface area contributed by atoms with Crippen molar-refractivity contribution in [3.63, 3.8) is 0 Å². The van der Waals surface area contributed by atoms with E-state index in [1.807, 2.05) is 51.1 Å². The van der Waals surface area contributed by atoms with Gasteiger partial charge in [0.2, 0.25) is 11.7 Å². The number of fused-ring (bicyclic) bond motifs is 2. The first-order valence-electron chi connectivity index (χ1n) is 14.2. The van der Waals surface area contributed by atoms with Crippen LogP contribution in [0.25, 0.3) is 20.8 Å². The van der Waals surface area contributed by atoms with Crippen LogP contribution in [0.5, 0.6) is 17.2 Å². The molecule has 1 saturated heterocycles. The predicted molar refractivity (Wildman–Crippen MR) is 165 cm³/mol. The van der Waals surface area contributed by atoms with Gasteiger partial charge >= 0.3 is 0 Å². The van der Waals surface area contributed by atoms with Gasteiger partial charge in [-0.1, -0.05) is 12.1 Å². The summed E-state index contributed by atoms with van der Waals surface area (Å²) in [4.78, 5) is 14.7. The topological polar surface area (TPSA) is 129 Å². The van der Waals surface area contributed by atoms with Crippen LogP contribution in [0.4, 0.5) is 11.8 Å². The van der Waals surface area contributed by atoms with E-state index in [2.05, 4.69) is 16.7 Å². The Morgan fingerprint density at radius 1 is 1.00 bits per heavy atom. The molecule has 0 amide bonds. The third-order valence-corrected chi connectivity index (χ3v) is 8.96. The minimum Gasteiger partial charge on any atom is -0.493 e. The molecule has 2 fully saturated rings. The SMILES string of the molecule is COc1cc(CNc2nc(C)c(-c3nc4ccccc4s3)c(N[C@@H]3C[C@H](CO)[C@H]4OC(C)(C)O[C@H]43)n2)cc(OC)c1OC. The molecule has 12 heteroatoms. The van der Waals surface area contributed by atoms with Gasteiger partial charge in [-0.3, -0.25) is 0 Å². The Bertz CT molecular complexity index is 1570. The molecule has 3 N–H and O–H groups in total. The van der Waals surface area contributed by atoms with E-state index in [0.29, 0.717) is 42.0 Å². The second-order valence-electron chi connectivity index (χ2n) is 11.2. The third-order valence-electron chi connectivity index (χ3n) is 7.91. The molecule has 1 saturated carbocycles. The van der Waals surface area contributed by atoms with Gasteiger partial charge in [-0.05, 0) is 57.0 Å². The van der Waals surface area contributed by atoms with E-state index in [4.69, 9.17) is 38.6 Å². The normalized spacial score (nSPS) is 22.4. The molecule has 4 aromatic rings. The fourth-order valence-electron chi connectivity index (χ4n) is 5.99. The van der Waals surface area contributed by atoms with Crippen molar-refractivity contribution < 1.29 is 28.8 Å². The Hall–Kier alpha value is -3.71. The number of anilines is 2. The molecule has 2 aliphatic rings. The molecule has 0 unspecified atom stereocenters. The summed E-state index contributed by atoms with van der Waals surface area (Å²) in [6.45, 7) is 6.22. The van der Waals surface area contributed by atoms with Crippen molar-refractivity contribution >= 4 is 33.3 Å². The van der Waals surface area contributed by atoms with Crippen molar-refractivity contribution in [2.75, 3.05) is 38.6 Å². The maximum atomic E-state index is 10.1. The van der Waals surface area contributed by atoms with Gasteiger partial charge in [0, 0.05) is 19.1 Å². The van der Waals surface area contributed by atoms with Gasteiger partial charge in [0.05, 0.1) is 54.9 Å². The average molecular weight is 608 g/mol. The molecule has 43 heavy (non-hydrogen) atoms. The number of benzene rings is 2. The van der Waals surface area contributed by atoms with E-state index in [-0.39, 0.29) is 30.8 Å². The summed E-state index contributed by atoms with van der Waals surface area (Å²) >= 11 is 1.60. The quantitative estimate of drug-likeness (QED) is 0.225. The molecule has 2 aromatic carbocycles. The van der Waals surface area contributed by atoms with Crippen LogP contribution < -0.4 is 24.8 Å². The van der Waals surface area contributed by atoms with Crippen molar-refractivity contribution in [1.29, 1.82) is 0 Å². The van der Waals surface area contributed by atoms with Gasteiger partial charge in [0.15, 0.2) is 17.3 Å². The number of ether oxygens (including phenoxy) is 5. The van der Waals surface area contributed by atoms with E-state index in [9.17, 15) is 5.11 Å². The molecule has 2 aromatic heterocycles. The fourth-order valence-corrected chi connectivity index (χ4v) is 7.06. The molecule has 0 spiro atoms. The molecule has 6 rings (SSSR count). The Kier molecular flexibility index (Phi) is 8.03. The van der Waals surface area contributed by atoms with Crippen LogP contribution in [-0.2, 0) is 16.0 Å². The van der Waals surface area contributed by atoms with Crippen molar-refractivity contribution in [2.24, 2.45) is 5.92 Å². The van der Waals surface area contributed by atoms with Gasteiger partial charge in [-0.15, -0.1) is 11.3 Å². The summed E-state index contributed by atoms with van der Waals surface area (Å²) in [5.74, 6) is 2.00. The second kappa shape index (κ2) is 11.8. The number of hydrogen-bond donors (Lipinski definition) is 3. The maximum absolute atomic E-state index is 10.1. The maximum Gasteiger partial charge on any atom is 0.225 e. The number of aliphatic hydroxyl groups excluding tert-OH is 1. The first-order chi connectivity index (χ1) is 20.7. The van der Waals surface area contributed by atoms with Crippen LogP contribution >= 0.6 is 11.3 Å². The summed E-state index contributed by atoms with van der Waals surface area (Å²) in [5.41, 5.74) is 3.44. The average Bonchev–Trinajstić information content (AvgIpc) is 3.65. The Balaban J connectivity index is 1.35. The highest BCUT2D eigenvalue weighted by Crippen LogP contribution is 2.44. The molecule has 1 aliphatic carbocycles. The Labute approximate surface area is 254 Å². The van der Waals surface area contributed by atoms with E-state index in [1.165, 1.54) is 0 Å². The number of methoxy groups -OCH3 is 3. The van der Waals surface area contributed by atoms with Crippen LogP contribution in [0.3, 0.4) is 0 Å². The van der Waals surface area contributed by atoms with E-state index in [1.54, 1.807) is 32.7 Å². The number of nitrogens with one attached hydrogen (secondary N) is 2. The standard InChI is InChI=1S/C31H37N5O6S/c1-16-24(29-35-19-9-7-8-10-23(19)43-29)28(34-20-13-18(15-37)25-26(20)42-31(2,3)41-25)36-30(33-16)32-14-17-11-21(38-4)27(40-6)22(12-17)39-5/h7-12,18,20,25-26,37H,13-15H2,1-6H3,(H2,32,33,34,36)/t18-,20-,25-,26+/m1/s1. The highest BCUT2D eigenvalue weighted by molar-refractivity contribution is 7.21. The Morgan fingerprint density at radius 3 is 2.40 bits per heavy atom. The van der Waals surface area contributed by atoms with Crippen LogP contribution in [0.15, 0.2) is 36.4 Å².